The van der Waals surface area contributed by atoms with Crippen LogP contribution in [0.3, 0.4) is 0 Å². The SMILES string of the molecule is Cc1cc(-c2ccc(-c3ccc(OCCC4CO4)c(C)c3)cc2)ccc1OCCC1CO1. The van der Waals surface area contributed by atoms with Crippen molar-refractivity contribution in [3.63, 3.8) is 0 Å². The molecule has 4 heteroatoms. The Balaban J connectivity index is 1.23. The highest BCUT2D eigenvalue weighted by Crippen LogP contribution is 2.31. The van der Waals surface area contributed by atoms with Crippen molar-refractivity contribution in [3.05, 3.63) is 71.8 Å². The molecule has 0 saturated carbocycles. The molecule has 0 aliphatic carbocycles. The molecule has 2 fully saturated rings. The molecule has 0 radical (unpaired) electrons. The maximum atomic E-state index is 5.92. The van der Waals surface area contributed by atoms with Crippen molar-refractivity contribution in [2.24, 2.45) is 0 Å². The molecule has 3 aromatic carbocycles. The Morgan fingerprint density at radius 1 is 0.625 bits per heavy atom. The van der Waals surface area contributed by atoms with Crippen LogP contribution in [0.25, 0.3) is 22.3 Å². The Morgan fingerprint density at radius 2 is 1.00 bits per heavy atom. The number of aryl methyl sites for hydroxylation is 2. The van der Waals surface area contributed by atoms with Gasteiger partial charge in [-0.1, -0.05) is 36.4 Å². The van der Waals surface area contributed by atoms with E-state index < -0.39 is 0 Å². The van der Waals surface area contributed by atoms with E-state index in [1.165, 1.54) is 22.3 Å². The first-order valence-electron chi connectivity index (χ1n) is 11.5. The maximum Gasteiger partial charge on any atom is 0.122 e. The number of epoxide rings is 2. The van der Waals surface area contributed by atoms with Gasteiger partial charge in [-0.2, -0.15) is 0 Å². The van der Waals surface area contributed by atoms with E-state index in [-0.39, 0.29) is 0 Å². The predicted molar refractivity (Wildman–Crippen MR) is 126 cm³/mol. The van der Waals surface area contributed by atoms with E-state index in [2.05, 4.69) is 74.5 Å². The first-order valence-corrected chi connectivity index (χ1v) is 11.5. The van der Waals surface area contributed by atoms with E-state index in [9.17, 15) is 0 Å². The summed E-state index contributed by atoms with van der Waals surface area (Å²) in [6, 6.07) is 21.5. The molecule has 2 unspecified atom stereocenters. The van der Waals surface area contributed by atoms with Crippen LogP contribution in [0, 0.1) is 13.8 Å². The molecular formula is C28H30O4. The van der Waals surface area contributed by atoms with Crippen LogP contribution in [-0.2, 0) is 9.47 Å². The van der Waals surface area contributed by atoms with E-state index in [4.69, 9.17) is 18.9 Å². The molecule has 5 rings (SSSR count). The van der Waals surface area contributed by atoms with Crippen molar-refractivity contribution >= 4 is 0 Å². The second-order valence-electron chi connectivity index (χ2n) is 8.72. The molecule has 3 aromatic rings. The number of rotatable bonds is 10. The lowest BCUT2D eigenvalue weighted by molar-refractivity contribution is 0.281. The number of ether oxygens (including phenoxy) is 4. The highest BCUT2D eigenvalue weighted by molar-refractivity contribution is 5.72. The lowest BCUT2D eigenvalue weighted by Crippen LogP contribution is -2.02. The molecule has 2 heterocycles. The zero-order valence-electron chi connectivity index (χ0n) is 18.8. The van der Waals surface area contributed by atoms with Gasteiger partial charge in [0.1, 0.15) is 11.5 Å². The van der Waals surface area contributed by atoms with Crippen molar-refractivity contribution in [3.8, 4) is 33.8 Å². The van der Waals surface area contributed by atoms with Gasteiger partial charge < -0.3 is 18.9 Å². The van der Waals surface area contributed by atoms with Gasteiger partial charge in [0.2, 0.25) is 0 Å². The van der Waals surface area contributed by atoms with Crippen LogP contribution < -0.4 is 9.47 Å². The zero-order chi connectivity index (χ0) is 21.9. The predicted octanol–water partition coefficient (Wildman–Crippen LogP) is 5.97. The summed E-state index contributed by atoms with van der Waals surface area (Å²) in [6.07, 6.45) is 2.74. The number of hydrogen-bond donors (Lipinski definition) is 0. The highest BCUT2D eigenvalue weighted by Gasteiger charge is 2.22. The van der Waals surface area contributed by atoms with Gasteiger partial charge in [-0.05, 0) is 71.5 Å². The van der Waals surface area contributed by atoms with Crippen molar-refractivity contribution in [2.45, 2.75) is 38.9 Å². The van der Waals surface area contributed by atoms with Crippen molar-refractivity contribution in [2.75, 3.05) is 26.4 Å². The fraction of sp³-hybridized carbons (Fsp3) is 0.357. The Kier molecular flexibility index (Phi) is 6.15. The van der Waals surface area contributed by atoms with E-state index in [0.717, 1.165) is 48.7 Å². The first-order chi connectivity index (χ1) is 15.7. The first kappa shape index (κ1) is 21.0. The Hall–Kier alpha value is -2.82. The largest absolute Gasteiger partial charge is 0.493 e. The molecule has 32 heavy (non-hydrogen) atoms. The molecule has 0 N–H and O–H groups in total. The molecule has 0 bridgehead atoms. The van der Waals surface area contributed by atoms with Crippen LogP contribution >= 0.6 is 0 Å². The molecule has 2 aliphatic rings. The third-order valence-electron chi connectivity index (χ3n) is 6.10. The average Bonchev–Trinajstić information content (AvgIpc) is 3.72. The van der Waals surface area contributed by atoms with Crippen molar-refractivity contribution in [1.29, 1.82) is 0 Å². The number of hydrogen-bond acceptors (Lipinski definition) is 4. The summed E-state index contributed by atoms with van der Waals surface area (Å²) >= 11 is 0. The summed E-state index contributed by atoms with van der Waals surface area (Å²) in [4.78, 5) is 0. The molecule has 2 aliphatic heterocycles. The van der Waals surface area contributed by atoms with Crippen LogP contribution in [0.1, 0.15) is 24.0 Å². The molecule has 2 saturated heterocycles. The molecule has 0 spiro atoms. The lowest BCUT2D eigenvalue weighted by atomic mass is 9.98. The van der Waals surface area contributed by atoms with Gasteiger partial charge in [0.15, 0.2) is 0 Å². The van der Waals surface area contributed by atoms with Crippen molar-refractivity contribution in [1.82, 2.24) is 0 Å². The minimum Gasteiger partial charge on any atom is -0.493 e. The van der Waals surface area contributed by atoms with Crippen LogP contribution in [0.5, 0.6) is 11.5 Å². The third-order valence-corrected chi connectivity index (χ3v) is 6.10. The van der Waals surface area contributed by atoms with Gasteiger partial charge in [0.25, 0.3) is 0 Å². The topological polar surface area (TPSA) is 43.5 Å². The van der Waals surface area contributed by atoms with Gasteiger partial charge in [-0.25, -0.2) is 0 Å². The quantitative estimate of drug-likeness (QED) is 0.372. The maximum absolute atomic E-state index is 5.92. The second kappa shape index (κ2) is 9.35. The lowest BCUT2D eigenvalue weighted by Gasteiger charge is -2.12. The Labute approximate surface area is 190 Å². The summed E-state index contributed by atoms with van der Waals surface area (Å²) < 4.78 is 22.3. The van der Waals surface area contributed by atoms with E-state index in [1.807, 2.05) is 0 Å². The summed E-state index contributed by atoms with van der Waals surface area (Å²) in [7, 11) is 0. The van der Waals surface area contributed by atoms with Crippen LogP contribution in [0.2, 0.25) is 0 Å². The molecular weight excluding hydrogens is 400 g/mol. The fourth-order valence-corrected chi connectivity index (χ4v) is 3.91. The average molecular weight is 431 g/mol. The third kappa shape index (κ3) is 5.32. The minimum absolute atomic E-state index is 0.406. The van der Waals surface area contributed by atoms with Gasteiger partial charge >= 0.3 is 0 Å². The molecule has 4 nitrogen and oxygen atoms in total. The normalized spacial score (nSPS) is 18.9. The highest BCUT2D eigenvalue weighted by atomic mass is 16.6. The van der Waals surface area contributed by atoms with Gasteiger partial charge in [-0.3, -0.25) is 0 Å². The minimum atomic E-state index is 0.406. The zero-order valence-corrected chi connectivity index (χ0v) is 18.8. The van der Waals surface area contributed by atoms with Crippen LogP contribution in [-0.4, -0.2) is 38.6 Å². The van der Waals surface area contributed by atoms with Crippen LogP contribution in [0.15, 0.2) is 60.7 Å². The molecule has 2 atom stereocenters. The molecule has 166 valence electrons. The van der Waals surface area contributed by atoms with E-state index in [1.54, 1.807) is 0 Å². The van der Waals surface area contributed by atoms with Gasteiger partial charge in [0, 0.05) is 12.8 Å². The molecule has 0 aromatic heterocycles. The summed E-state index contributed by atoms with van der Waals surface area (Å²) in [5, 5.41) is 0. The molecule has 0 amide bonds. The summed E-state index contributed by atoms with van der Waals surface area (Å²) in [5.74, 6) is 1.90. The number of benzene rings is 3. The van der Waals surface area contributed by atoms with E-state index in [0.29, 0.717) is 25.4 Å². The second-order valence-corrected chi connectivity index (χ2v) is 8.72. The Morgan fingerprint density at radius 3 is 1.34 bits per heavy atom. The Bertz CT molecular complexity index is 979. The van der Waals surface area contributed by atoms with Gasteiger partial charge in [0.05, 0.1) is 38.6 Å². The standard InChI is InChI=1S/C28H30O4/c1-19-15-23(7-9-27(19)29-13-11-25-17-31-25)21-3-5-22(6-4-21)24-8-10-28(20(2)16-24)30-14-12-26-18-32-26/h3-10,15-16,25-26H,11-14,17-18H2,1-2H3. The fourth-order valence-electron chi connectivity index (χ4n) is 3.91. The summed E-state index contributed by atoms with van der Waals surface area (Å²) in [5.41, 5.74) is 7.12. The van der Waals surface area contributed by atoms with Crippen LogP contribution in [0.4, 0.5) is 0 Å². The van der Waals surface area contributed by atoms with Gasteiger partial charge in [-0.15, -0.1) is 0 Å². The summed E-state index contributed by atoms with van der Waals surface area (Å²) in [6.45, 7) is 7.38. The van der Waals surface area contributed by atoms with Crippen molar-refractivity contribution < 1.29 is 18.9 Å². The monoisotopic (exact) mass is 430 g/mol. The smallest absolute Gasteiger partial charge is 0.122 e. The van der Waals surface area contributed by atoms with E-state index >= 15 is 0 Å².